The van der Waals surface area contributed by atoms with E-state index < -0.39 is 5.91 Å². The Labute approximate surface area is 89.3 Å². The number of nitrogens with one attached hydrogen (secondary N) is 2. The number of halogens is 1. The Balaban J connectivity index is 0.00000169. The number of primary amides is 1. The van der Waals surface area contributed by atoms with Crippen molar-refractivity contribution in [2.24, 2.45) is 5.73 Å². The van der Waals surface area contributed by atoms with Gasteiger partial charge in [-0.3, -0.25) is 15.6 Å². The van der Waals surface area contributed by atoms with E-state index in [4.69, 9.17) is 5.73 Å². The molecule has 4 N–H and O–H groups in total. The summed E-state index contributed by atoms with van der Waals surface area (Å²) in [5, 5.41) is 0. The van der Waals surface area contributed by atoms with E-state index in [0.717, 1.165) is 12.1 Å². The van der Waals surface area contributed by atoms with E-state index in [2.05, 4.69) is 10.9 Å². The third kappa shape index (κ3) is 3.74. The van der Waals surface area contributed by atoms with E-state index in [9.17, 15) is 4.79 Å². The molecule has 0 unspecified atom stereocenters. The van der Waals surface area contributed by atoms with Crippen LogP contribution < -0.4 is 16.6 Å². The lowest BCUT2D eigenvalue weighted by atomic mass is 10.1. The Morgan fingerprint density at radius 1 is 1.36 bits per heavy atom. The van der Waals surface area contributed by atoms with Gasteiger partial charge >= 0.3 is 0 Å². The Bertz CT molecular complexity index is 287. The monoisotopic (exact) mass is 215 g/mol. The standard InChI is InChI=1S/C9H13N3O.ClH/c1-11-12-6-7-2-4-8(5-3-7)9(10)13;/h2-5,11-12H,6H2,1H3,(H2,10,13);1H. The molecule has 0 spiro atoms. The van der Waals surface area contributed by atoms with Crippen molar-refractivity contribution in [3.8, 4) is 0 Å². The second-order valence-electron chi connectivity index (χ2n) is 2.66. The third-order valence-corrected chi connectivity index (χ3v) is 1.71. The summed E-state index contributed by atoms with van der Waals surface area (Å²) in [5.74, 6) is -0.395. The summed E-state index contributed by atoms with van der Waals surface area (Å²) < 4.78 is 0. The van der Waals surface area contributed by atoms with Crippen LogP contribution >= 0.6 is 12.4 Å². The number of hydrogen-bond donors (Lipinski definition) is 3. The number of carbonyl (C=O) groups is 1. The van der Waals surface area contributed by atoms with E-state index in [1.165, 1.54) is 0 Å². The van der Waals surface area contributed by atoms with Crippen molar-refractivity contribution < 1.29 is 4.79 Å². The fraction of sp³-hybridized carbons (Fsp3) is 0.222. The Morgan fingerprint density at radius 2 is 1.93 bits per heavy atom. The lowest BCUT2D eigenvalue weighted by Crippen LogP contribution is -2.26. The molecule has 0 aromatic heterocycles. The van der Waals surface area contributed by atoms with Crippen molar-refractivity contribution in [1.82, 2.24) is 10.9 Å². The molecule has 1 amide bonds. The van der Waals surface area contributed by atoms with Crippen LogP contribution in [-0.4, -0.2) is 13.0 Å². The first-order valence-corrected chi connectivity index (χ1v) is 4.02. The number of amides is 1. The van der Waals surface area contributed by atoms with Crippen LogP contribution in [0, 0.1) is 0 Å². The Morgan fingerprint density at radius 3 is 2.36 bits per heavy atom. The van der Waals surface area contributed by atoms with Crippen molar-refractivity contribution >= 4 is 18.3 Å². The molecule has 1 aromatic carbocycles. The van der Waals surface area contributed by atoms with Crippen LogP contribution in [0.5, 0.6) is 0 Å². The third-order valence-electron chi connectivity index (χ3n) is 1.71. The molecule has 78 valence electrons. The van der Waals surface area contributed by atoms with Crippen molar-refractivity contribution in [2.45, 2.75) is 6.54 Å². The van der Waals surface area contributed by atoms with E-state index >= 15 is 0 Å². The molecule has 14 heavy (non-hydrogen) atoms. The van der Waals surface area contributed by atoms with Crippen molar-refractivity contribution in [1.29, 1.82) is 0 Å². The first kappa shape index (κ1) is 12.9. The van der Waals surface area contributed by atoms with Gasteiger partial charge in [-0.2, -0.15) is 0 Å². The molecule has 0 aliphatic rings. The number of benzene rings is 1. The maximum Gasteiger partial charge on any atom is 0.248 e. The highest BCUT2D eigenvalue weighted by molar-refractivity contribution is 5.92. The maximum atomic E-state index is 10.7. The number of nitrogens with two attached hydrogens (primary N) is 1. The second-order valence-corrected chi connectivity index (χ2v) is 2.66. The summed E-state index contributed by atoms with van der Waals surface area (Å²) in [4.78, 5) is 10.7. The minimum Gasteiger partial charge on any atom is -0.366 e. The summed E-state index contributed by atoms with van der Waals surface area (Å²) in [6.45, 7) is 0.718. The second kappa shape index (κ2) is 6.37. The van der Waals surface area contributed by atoms with Gasteiger partial charge in [0.25, 0.3) is 0 Å². The first-order valence-electron chi connectivity index (χ1n) is 4.02. The average Bonchev–Trinajstić information content (AvgIpc) is 2.15. The quantitative estimate of drug-likeness (QED) is 0.639. The fourth-order valence-electron chi connectivity index (χ4n) is 0.977. The van der Waals surface area contributed by atoms with Crippen molar-refractivity contribution in [2.75, 3.05) is 7.05 Å². The van der Waals surface area contributed by atoms with E-state index in [1.54, 1.807) is 19.2 Å². The van der Waals surface area contributed by atoms with Gasteiger partial charge in [0.1, 0.15) is 0 Å². The minimum atomic E-state index is -0.395. The molecule has 0 saturated carbocycles. The molecule has 1 aromatic rings. The van der Waals surface area contributed by atoms with Gasteiger partial charge in [-0.25, -0.2) is 0 Å². The Hall–Kier alpha value is -1.10. The maximum absolute atomic E-state index is 10.7. The molecule has 0 saturated heterocycles. The predicted octanol–water partition coefficient (Wildman–Crippen LogP) is 0.431. The minimum absolute atomic E-state index is 0. The highest BCUT2D eigenvalue weighted by Gasteiger charge is 1.98. The zero-order valence-electron chi connectivity index (χ0n) is 7.91. The van der Waals surface area contributed by atoms with Crippen LogP contribution in [0.15, 0.2) is 24.3 Å². The zero-order chi connectivity index (χ0) is 9.68. The van der Waals surface area contributed by atoms with Crippen LogP contribution in [0.3, 0.4) is 0 Å². The molecule has 5 heteroatoms. The van der Waals surface area contributed by atoms with Gasteiger partial charge in [-0.1, -0.05) is 12.1 Å². The SMILES string of the molecule is CNNCc1ccc(C(N)=O)cc1.Cl. The van der Waals surface area contributed by atoms with Gasteiger partial charge < -0.3 is 5.73 Å². The van der Waals surface area contributed by atoms with E-state index in [1.807, 2.05) is 12.1 Å². The highest BCUT2D eigenvalue weighted by atomic mass is 35.5. The van der Waals surface area contributed by atoms with Crippen LogP contribution in [0.1, 0.15) is 15.9 Å². The van der Waals surface area contributed by atoms with E-state index in [0.29, 0.717) is 5.56 Å². The predicted molar refractivity (Wildman–Crippen MR) is 58.1 cm³/mol. The molecule has 0 bridgehead atoms. The lowest BCUT2D eigenvalue weighted by Gasteiger charge is -2.02. The molecule has 0 radical (unpaired) electrons. The van der Waals surface area contributed by atoms with Gasteiger partial charge in [0, 0.05) is 12.1 Å². The van der Waals surface area contributed by atoms with Gasteiger partial charge in [0.05, 0.1) is 0 Å². The summed E-state index contributed by atoms with van der Waals surface area (Å²) in [6.07, 6.45) is 0. The van der Waals surface area contributed by atoms with Gasteiger partial charge in [-0.15, -0.1) is 12.4 Å². The summed E-state index contributed by atoms with van der Waals surface area (Å²) in [7, 11) is 1.80. The number of carbonyl (C=O) groups excluding carboxylic acids is 1. The summed E-state index contributed by atoms with van der Waals surface area (Å²) in [5.41, 5.74) is 12.5. The van der Waals surface area contributed by atoms with Gasteiger partial charge in [-0.05, 0) is 24.7 Å². The molecule has 4 nitrogen and oxygen atoms in total. The molecule has 0 aliphatic carbocycles. The summed E-state index contributed by atoms with van der Waals surface area (Å²) in [6, 6.07) is 7.17. The molecule has 0 aliphatic heterocycles. The van der Waals surface area contributed by atoms with Crippen LogP contribution in [0.25, 0.3) is 0 Å². The highest BCUT2D eigenvalue weighted by Crippen LogP contribution is 2.02. The fourth-order valence-corrected chi connectivity index (χ4v) is 0.977. The number of rotatable bonds is 4. The molecule has 0 fully saturated rings. The van der Waals surface area contributed by atoms with Gasteiger partial charge in [0.2, 0.25) is 5.91 Å². The van der Waals surface area contributed by atoms with Crippen LogP contribution in [0.4, 0.5) is 0 Å². The number of hydrazine groups is 1. The first-order chi connectivity index (χ1) is 6.24. The summed E-state index contributed by atoms with van der Waals surface area (Å²) >= 11 is 0. The van der Waals surface area contributed by atoms with Crippen LogP contribution in [0.2, 0.25) is 0 Å². The molecule has 1 rings (SSSR count). The lowest BCUT2D eigenvalue weighted by molar-refractivity contribution is 0.100. The topological polar surface area (TPSA) is 67.2 Å². The van der Waals surface area contributed by atoms with E-state index in [-0.39, 0.29) is 12.4 Å². The Kier molecular flexibility index (Phi) is 5.87. The van der Waals surface area contributed by atoms with Gasteiger partial charge in [0.15, 0.2) is 0 Å². The molecular formula is C9H14ClN3O. The largest absolute Gasteiger partial charge is 0.366 e. The van der Waals surface area contributed by atoms with Crippen molar-refractivity contribution in [3.05, 3.63) is 35.4 Å². The zero-order valence-corrected chi connectivity index (χ0v) is 8.73. The number of hydrogen-bond acceptors (Lipinski definition) is 3. The van der Waals surface area contributed by atoms with Crippen molar-refractivity contribution in [3.63, 3.8) is 0 Å². The molecular weight excluding hydrogens is 202 g/mol. The normalized spacial score (nSPS) is 9.21. The van der Waals surface area contributed by atoms with Crippen LogP contribution in [-0.2, 0) is 6.54 Å². The average molecular weight is 216 g/mol. The smallest absolute Gasteiger partial charge is 0.248 e. The molecule has 0 heterocycles. The molecule has 0 atom stereocenters.